The molecule has 38 heavy (non-hydrogen) atoms. The summed E-state index contributed by atoms with van der Waals surface area (Å²) in [6.07, 6.45) is 1.41. The average molecular weight is 574 g/mol. The first-order valence-electron chi connectivity index (χ1n) is 11.8. The molecule has 0 unspecified atom stereocenters. The molecule has 2 amide bonds. The monoisotopic (exact) mass is 573 g/mol. The summed E-state index contributed by atoms with van der Waals surface area (Å²) in [6, 6.07) is 24.5. The van der Waals surface area contributed by atoms with E-state index in [9.17, 15) is 14.4 Å². The number of carbonyl (C=O) groups is 3. The third-order valence-electron chi connectivity index (χ3n) is 5.41. The second kappa shape index (κ2) is 12.6. The molecule has 4 rings (SSSR count). The minimum Gasteiger partial charge on any atom is -0.494 e. The second-order valence-corrected chi connectivity index (χ2v) is 8.95. The van der Waals surface area contributed by atoms with Gasteiger partial charge >= 0.3 is 5.97 Å². The summed E-state index contributed by atoms with van der Waals surface area (Å²) in [6.45, 7) is 2.14. The molecule has 0 bridgehead atoms. The largest absolute Gasteiger partial charge is 0.494 e. The lowest BCUT2D eigenvalue weighted by molar-refractivity contribution is -0.120. The van der Waals surface area contributed by atoms with Gasteiger partial charge in [-0.25, -0.2) is 10.2 Å². The molecule has 0 heterocycles. The van der Waals surface area contributed by atoms with Crippen molar-refractivity contribution in [2.24, 2.45) is 5.10 Å². The lowest BCUT2D eigenvalue weighted by atomic mass is 10.0. The number of halogens is 1. The van der Waals surface area contributed by atoms with E-state index in [1.807, 2.05) is 37.3 Å². The van der Waals surface area contributed by atoms with E-state index in [2.05, 4.69) is 31.8 Å². The Bertz CT molecular complexity index is 1500. The van der Waals surface area contributed by atoms with E-state index in [4.69, 9.17) is 9.47 Å². The van der Waals surface area contributed by atoms with Crippen LogP contribution in [0.2, 0.25) is 0 Å². The van der Waals surface area contributed by atoms with E-state index < -0.39 is 11.9 Å². The molecule has 8 nitrogen and oxygen atoms in total. The molecule has 0 spiro atoms. The number of carbonyl (C=O) groups excluding carboxylic acids is 3. The molecule has 0 saturated heterocycles. The van der Waals surface area contributed by atoms with Crippen LogP contribution in [0.5, 0.6) is 11.5 Å². The Morgan fingerprint density at radius 2 is 1.71 bits per heavy atom. The highest BCUT2D eigenvalue weighted by atomic mass is 79.9. The van der Waals surface area contributed by atoms with Crippen LogP contribution in [0.3, 0.4) is 0 Å². The third-order valence-corrected chi connectivity index (χ3v) is 5.91. The first-order valence-corrected chi connectivity index (χ1v) is 12.6. The van der Waals surface area contributed by atoms with E-state index in [1.165, 1.54) is 6.21 Å². The van der Waals surface area contributed by atoms with Crippen molar-refractivity contribution in [2.75, 3.05) is 13.2 Å². The van der Waals surface area contributed by atoms with Gasteiger partial charge in [0.2, 0.25) is 0 Å². The van der Waals surface area contributed by atoms with Gasteiger partial charge in [0.05, 0.1) is 24.9 Å². The minimum absolute atomic E-state index is 0.266. The molecule has 0 atom stereocenters. The van der Waals surface area contributed by atoms with E-state index in [1.54, 1.807) is 54.6 Å². The number of esters is 1. The Balaban J connectivity index is 1.46. The highest BCUT2D eigenvalue weighted by molar-refractivity contribution is 9.10. The maximum atomic E-state index is 12.8. The maximum absolute atomic E-state index is 12.8. The van der Waals surface area contributed by atoms with Crippen LogP contribution in [0.4, 0.5) is 0 Å². The maximum Gasteiger partial charge on any atom is 0.343 e. The summed E-state index contributed by atoms with van der Waals surface area (Å²) in [7, 11) is 0. The van der Waals surface area contributed by atoms with E-state index >= 15 is 0 Å². The fraction of sp³-hybridized carbons (Fsp3) is 0.103. The van der Waals surface area contributed by atoms with E-state index in [0.29, 0.717) is 29.0 Å². The van der Waals surface area contributed by atoms with Crippen molar-refractivity contribution in [1.29, 1.82) is 0 Å². The zero-order chi connectivity index (χ0) is 26.9. The van der Waals surface area contributed by atoms with Crippen LogP contribution in [0.15, 0.2) is 94.5 Å². The molecular weight excluding hydrogens is 550 g/mol. The zero-order valence-electron chi connectivity index (χ0n) is 20.4. The van der Waals surface area contributed by atoms with Crippen LogP contribution < -0.4 is 20.2 Å². The first-order chi connectivity index (χ1) is 18.4. The predicted octanol–water partition coefficient (Wildman–Crippen LogP) is 5.10. The quantitative estimate of drug-likeness (QED) is 0.125. The molecule has 0 saturated carbocycles. The van der Waals surface area contributed by atoms with E-state index in [0.717, 1.165) is 15.2 Å². The van der Waals surface area contributed by atoms with Crippen LogP contribution >= 0.6 is 15.9 Å². The van der Waals surface area contributed by atoms with Crippen LogP contribution in [-0.4, -0.2) is 37.1 Å². The third kappa shape index (κ3) is 6.83. The molecule has 4 aromatic carbocycles. The highest BCUT2D eigenvalue weighted by Gasteiger charge is 2.14. The number of ether oxygens (including phenoxy) is 2. The number of rotatable bonds is 9. The molecule has 0 fully saturated rings. The average Bonchev–Trinajstić information content (AvgIpc) is 2.93. The van der Waals surface area contributed by atoms with Gasteiger partial charge in [-0.1, -0.05) is 52.3 Å². The van der Waals surface area contributed by atoms with Crippen molar-refractivity contribution in [3.8, 4) is 11.5 Å². The standard InChI is InChI=1S/C29H24BrN3O5/c1-2-37-23-13-10-20(11-14-23)29(36)38-26-15-12-19-6-3-4-9-24(19)25(26)17-32-33-27(34)18-31-28(35)21-7-5-8-22(30)16-21/h3-17H,2,18H2,1H3,(H,31,35)(H,33,34)/b32-17+. The van der Waals surface area contributed by atoms with Crippen LogP contribution in [0, 0.1) is 0 Å². The highest BCUT2D eigenvalue weighted by Crippen LogP contribution is 2.27. The van der Waals surface area contributed by atoms with Gasteiger partial charge in [-0.2, -0.15) is 5.10 Å². The van der Waals surface area contributed by atoms with Crippen molar-refractivity contribution in [2.45, 2.75) is 6.92 Å². The summed E-state index contributed by atoms with van der Waals surface area (Å²) in [4.78, 5) is 37.3. The summed E-state index contributed by atoms with van der Waals surface area (Å²) >= 11 is 3.31. The number of fused-ring (bicyclic) bond motifs is 1. The molecule has 0 radical (unpaired) electrons. The van der Waals surface area contributed by atoms with Gasteiger partial charge in [0.1, 0.15) is 11.5 Å². The van der Waals surface area contributed by atoms with Gasteiger partial charge in [-0.05, 0) is 66.2 Å². The molecule has 0 aromatic heterocycles. The van der Waals surface area contributed by atoms with Gasteiger partial charge in [-0.15, -0.1) is 0 Å². The first kappa shape index (κ1) is 26.6. The molecular formula is C29H24BrN3O5. The van der Waals surface area contributed by atoms with Gasteiger partial charge < -0.3 is 14.8 Å². The fourth-order valence-corrected chi connectivity index (χ4v) is 4.01. The number of amides is 2. The number of nitrogens with one attached hydrogen (secondary N) is 2. The molecule has 9 heteroatoms. The smallest absolute Gasteiger partial charge is 0.343 e. The molecule has 0 aliphatic carbocycles. The van der Waals surface area contributed by atoms with Crippen LogP contribution in [0.1, 0.15) is 33.2 Å². The second-order valence-electron chi connectivity index (χ2n) is 8.03. The van der Waals surface area contributed by atoms with Crippen molar-refractivity contribution in [1.82, 2.24) is 10.7 Å². The summed E-state index contributed by atoms with van der Waals surface area (Å²) in [5.74, 6) is -0.507. The summed E-state index contributed by atoms with van der Waals surface area (Å²) in [5, 5.41) is 8.27. The van der Waals surface area contributed by atoms with Crippen molar-refractivity contribution < 1.29 is 23.9 Å². The summed E-state index contributed by atoms with van der Waals surface area (Å²) < 4.78 is 11.9. The van der Waals surface area contributed by atoms with Crippen molar-refractivity contribution in [3.63, 3.8) is 0 Å². The lowest BCUT2D eigenvalue weighted by Crippen LogP contribution is -2.34. The predicted molar refractivity (Wildman–Crippen MR) is 149 cm³/mol. The van der Waals surface area contributed by atoms with Crippen LogP contribution in [0.25, 0.3) is 10.8 Å². The Morgan fingerprint density at radius 1 is 0.921 bits per heavy atom. The number of hydrazone groups is 1. The lowest BCUT2D eigenvalue weighted by Gasteiger charge is -2.11. The Kier molecular flexibility index (Phi) is 8.84. The number of hydrogen-bond donors (Lipinski definition) is 2. The van der Waals surface area contributed by atoms with E-state index in [-0.39, 0.29) is 18.2 Å². The summed E-state index contributed by atoms with van der Waals surface area (Å²) in [5.41, 5.74) is 3.69. The number of nitrogens with zero attached hydrogens (tertiary/aromatic N) is 1. The topological polar surface area (TPSA) is 106 Å². The normalized spacial score (nSPS) is 10.8. The SMILES string of the molecule is CCOc1ccc(C(=O)Oc2ccc3ccccc3c2/C=N/NC(=O)CNC(=O)c2cccc(Br)c2)cc1. The van der Waals surface area contributed by atoms with Crippen molar-refractivity contribution >= 4 is 50.7 Å². The number of benzene rings is 4. The Hall–Kier alpha value is -4.50. The minimum atomic E-state index is -0.544. The molecule has 2 N–H and O–H groups in total. The molecule has 0 aliphatic rings. The molecule has 4 aromatic rings. The number of hydrogen-bond acceptors (Lipinski definition) is 6. The van der Waals surface area contributed by atoms with Crippen molar-refractivity contribution in [3.05, 3.63) is 106 Å². The van der Waals surface area contributed by atoms with Gasteiger partial charge in [0.25, 0.3) is 11.8 Å². The molecule has 192 valence electrons. The van der Waals surface area contributed by atoms with Gasteiger partial charge in [0.15, 0.2) is 0 Å². The Morgan fingerprint density at radius 3 is 2.47 bits per heavy atom. The Labute approximate surface area is 227 Å². The molecule has 0 aliphatic heterocycles. The fourth-order valence-electron chi connectivity index (χ4n) is 3.61. The van der Waals surface area contributed by atoms with Gasteiger partial charge in [-0.3, -0.25) is 9.59 Å². The van der Waals surface area contributed by atoms with Crippen LogP contribution in [-0.2, 0) is 4.79 Å². The zero-order valence-corrected chi connectivity index (χ0v) is 22.0. The van der Waals surface area contributed by atoms with Gasteiger partial charge in [0, 0.05) is 15.6 Å².